The lowest BCUT2D eigenvalue weighted by molar-refractivity contribution is -0.137. The summed E-state index contributed by atoms with van der Waals surface area (Å²) in [6.45, 7) is 4.14. The van der Waals surface area contributed by atoms with Gasteiger partial charge in [0.15, 0.2) is 0 Å². The number of fused-ring (bicyclic) bond motifs is 1. The third-order valence-electron chi connectivity index (χ3n) is 5.95. The Balaban J connectivity index is 1.35. The third kappa shape index (κ3) is 6.70. The molecule has 2 heterocycles. The lowest BCUT2D eigenvalue weighted by Gasteiger charge is -2.26. The van der Waals surface area contributed by atoms with Crippen LogP contribution in [0, 0.1) is 0 Å². The van der Waals surface area contributed by atoms with Gasteiger partial charge in [-0.3, -0.25) is 4.98 Å². The van der Waals surface area contributed by atoms with Crippen molar-refractivity contribution < 1.29 is 27.4 Å². The molecular weight excluding hydrogens is 459 g/mol. The maximum absolute atomic E-state index is 13.1. The Hall–Kier alpha value is -3.17. The fourth-order valence-corrected chi connectivity index (χ4v) is 4.10. The molecule has 3 aromatic rings. The first kappa shape index (κ1) is 24.9. The van der Waals surface area contributed by atoms with Crippen LogP contribution in [0.25, 0.3) is 10.9 Å². The molecule has 6 nitrogen and oxygen atoms in total. The fourth-order valence-electron chi connectivity index (χ4n) is 4.10. The number of alkyl halides is 3. The van der Waals surface area contributed by atoms with E-state index in [0.717, 1.165) is 31.8 Å². The van der Waals surface area contributed by atoms with Gasteiger partial charge >= 0.3 is 12.1 Å². The number of anilines is 2. The van der Waals surface area contributed by atoms with Gasteiger partial charge in [0.1, 0.15) is 6.61 Å². The van der Waals surface area contributed by atoms with Gasteiger partial charge in [-0.05, 0) is 56.3 Å². The molecule has 0 atom stereocenters. The zero-order valence-electron chi connectivity index (χ0n) is 19.3. The highest BCUT2D eigenvalue weighted by molar-refractivity contribution is 5.99. The molecule has 1 N–H and O–H groups in total. The van der Waals surface area contributed by atoms with Crippen LogP contribution in [-0.2, 0) is 15.7 Å². The first-order valence-corrected chi connectivity index (χ1v) is 11.7. The second-order valence-corrected chi connectivity index (χ2v) is 8.41. The molecule has 0 spiro atoms. The van der Waals surface area contributed by atoms with Crippen molar-refractivity contribution in [3.05, 3.63) is 65.9 Å². The molecule has 9 heteroatoms. The highest BCUT2D eigenvalue weighted by Crippen LogP contribution is 2.33. The number of likely N-dealkylation sites (tertiary alicyclic amines) is 1. The average Bonchev–Trinajstić information content (AvgIpc) is 2.86. The largest absolute Gasteiger partial charge is 0.460 e. The Kier molecular flexibility index (Phi) is 8.20. The summed E-state index contributed by atoms with van der Waals surface area (Å²) in [6, 6.07) is 11.9. The molecule has 0 saturated carbocycles. The zero-order valence-corrected chi connectivity index (χ0v) is 19.3. The van der Waals surface area contributed by atoms with Gasteiger partial charge in [-0.1, -0.05) is 24.6 Å². The number of benzene rings is 2. The van der Waals surface area contributed by atoms with Crippen molar-refractivity contribution >= 4 is 28.2 Å². The molecule has 0 amide bonds. The highest BCUT2D eigenvalue weighted by atomic mass is 19.4. The lowest BCUT2D eigenvalue weighted by Crippen LogP contribution is -2.32. The van der Waals surface area contributed by atoms with E-state index in [1.807, 2.05) is 0 Å². The summed E-state index contributed by atoms with van der Waals surface area (Å²) in [5.74, 6) is -0.509. The second-order valence-electron chi connectivity index (χ2n) is 8.41. The smallest absolute Gasteiger partial charge is 0.416 e. The van der Waals surface area contributed by atoms with Crippen LogP contribution in [0.15, 0.2) is 54.7 Å². The van der Waals surface area contributed by atoms with Crippen molar-refractivity contribution in [2.45, 2.75) is 25.4 Å². The molecule has 1 aromatic heterocycles. The zero-order chi connectivity index (χ0) is 24.7. The molecule has 1 aliphatic heterocycles. The predicted molar refractivity (Wildman–Crippen MR) is 128 cm³/mol. The third-order valence-corrected chi connectivity index (χ3v) is 5.95. The van der Waals surface area contributed by atoms with Gasteiger partial charge in [-0.2, -0.15) is 13.2 Å². The van der Waals surface area contributed by atoms with Crippen molar-refractivity contribution in [3.8, 4) is 0 Å². The molecule has 4 rings (SSSR count). The summed E-state index contributed by atoms with van der Waals surface area (Å²) in [5, 5.41) is 3.65. The van der Waals surface area contributed by atoms with Gasteiger partial charge in [-0.25, -0.2) is 4.79 Å². The van der Waals surface area contributed by atoms with Gasteiger partial charge in [0.05, 0.1) is 35.5 Å². The van der Waals surface area contributed by atoms with Crippen molar-refractivity contribution in [2.24, 2.45) is 0 Å². The Morgan fingerprint density at radius 2 is 1.77 bits per heavy atom. The van der Waals surface area contributed by atoms with Gasteiger partial charge < -0.3 is 19.7 Å². The second kappa shape index (κ2) is 11.5. The number of carbonyl (C=O) groups is 1. The highest BCUT2D eigenvalue weighted by Gasteiger charge is 2.30. The summed E-state index contributed by atoms with van der Waals surface area (Å²) >= 11 is 0. The normalized spacial score (nSPS) is 14.7. The Bertz CT molecular complexity index is 1150. The minimum Gasteiger partial charge on any atom is -0.460 e. The molecule has 1 aliphatic rings. The number of aromatic nitrogens is 1. The number of ether oxygens (including phenoxy) is 2. The molecule has 35 heavy (non-hydrogen) atoms. The van der Waals surface area contributed by atoms with Gasteiger partial charge in [0.25, 0.3) is 0 Å². The van der Waals surface area contributed by atoms with Crippen molar-refractivity contribution in [2.75, 3.05) is 44.8 Å². The van der Waals surface area contributed by atoms with Crippen LogP contribution in [0.2, 0.25) is 0 Å². The van der Waals surface area contributed by atoms with Crippen LogP contribution < -0.4 is 5.32 Å². The van der Waals surface area contributed by atoms with Crippen LogP contribution in [0.1, 0.15) is 35.2 Å². The van der Waals surface area contributed by atoms with Gasteiger partial charge in [0.2, 0.25) is 0 Å². The summed E-state index contributed by atoms with van der Waals surface area (Å²) in [4.78, 5) is 19.1. The van der Waals surface area contributed by atoms with Crippen molar-refractivity contribution in [1.29, 1.82) is 0 Å². The molecular formula is C26H28F3N3O3. The number of pyridine rings is 1. The number of carbonyl (C=O) groups excluding carboxylic acids is 1. The number of nitrogens with one attached hydrogen (secondary N) is 1. The van der Waals surface area contributed by atoms with Crippen LogP contribution in [0.4, 0.5) is 24.5 Å². The van der Waals surface area contributed by atoms with E-state index in [2.05, 4.69) is 15.2 Å². The van der Waals surface area contributed by atoms with E-state index in [9.17, 15) is 18.0 Å². The van der Waals surface area contributed by atoms with E-state index in [0.29, 0.717) is 35.5 Å². The summed E-state index contributed by atoms with van der Waals surface area (Å²) in [7, 11) is 0. The molecule has 0 radical (unpaired) electrons. The minimum absolute atomic E-state index is 0.131. The van der Waals surface area contributed by atoms with Crippen molar-refractivity contribution in [3.63, 3.8) is 0 Å². The Morgan fingerprint density at radius 1 is 0.971 bits per heavy atom. The molecule has 1 fully saturated rings. The van der Waals surface area contributed by atoms with Crippen LogP contribution in [0.3, 0.4) is 0 Å². The molecule has 1 saturated heterocycles. The molecule has 0 aliphatic carbocycles. The number of rotatable bonds is 9. The number of nitrogens with zero attached hydrogens (tertiary/aromatic N) is 2. The molecule has 2 aromatic carbocycles. The number of para-hydroxylation sites is 1. The van der Waals surface area contributed by atoms with E-state index in [4.69, 9.17) is 9.47 Å². The number of halogens is 3. The van der Waals surface area contributed by atoms with Crippen molar-refractivity contribution in [1.82, 2.24) is 9.88 Å². The average molecular weight is 488 g/mol. The first-order chi connectivity index (χ1) is 16.9. The minimum atomic E-state index is -4.45. The van der Waals surface area contributed by atoms with Crippen LogP contribution >= 0.6 is 0 Å². The summed E-state index contributed by atoms with van der Waals surface area (Å²) in [6.07, 6.45) is 0.726. The molecule has 0 unspecified atom stereocenters. The van der Waals surface area contributed by atoms with E-state index in [1.165, 1.54) is 31.5 Å². The maximum Gasteiger partial charge on any atom is 0.416 e. The Labute approximate surface area is 202 Å². The van der Waals surface area contributed by atoms with Crippen LogP contribution in [-0.4, -0.2) is 55.3 Å². The topological polar surface area (TPSA) is 63.7 Å². The number of piperidine rings is 1. The predicted octanol–water partition coefficient (Wildman–Crippen LogP) is 5.66. The maximum atomic E-state index is 13.1. The van der Waals surface area contributed by atoms with Crippen LogP contribution in [0.5, 0.6) is 0 Å². The van der Waals surface area contributed by atoms with E-state index in [1.54, 1.807) is 30.3 Å². The van der Waals surface area contributed by atoms with Gasteiger partial charge in [0, 0.05) is 23.8 Å². The molecule has 0 bridgehead atoms. The van der Waals surface area contributed by atoms with Gasteiger partial charge in [-0.15, -0.1) is 0 Å². The molecule has 186 valence electrons. The van der Waals surface area contributed by atoms with E-state index in [-0.39, 0.29) is 12.1 Å². The number of esters is 1. The SMILES string of the molecule is O=C(OCCOCCN1CCCCC1)c1ccccc1Nc1ccnc2cc(C(F)(F)F)ccc12. The first-order valence-electron chi connectivity index (χ1n) is 11.7. The summed E-state index contributed by atoms with van der Waals surface area (Å²) in [5.41, 5.74) is 0.766. The standard InChI is InChI=1S/C26H28F3N3O3/c27-26(28,29)19-8-9-20-23(10-11-30-24(20)18-19)31-22-7-3-2-6-21(22)25(33)35-17-16-34-15-14-32-12-4-1-5-13-32/h2-3,6-11,18H,1,4-5,12-17H2,(H,30,31). The lowest BCUT2D eigenvalue weighted by atomic mass is 10.1. The quantitative estimate of drug-likeness (QED) is 0.311. The number of hydrogen-bond acceptors (Lipinski definition) is 6. The Morgan fingerprint density at radius 3 is 2.57 bits per heavy atom. The monoisotopic (exact) mass is 487 g/mol. The van der Waals surface area contributed by atoms with E-state index < -0.39 is 17.7 Å². The van der Waals surface area contributed by atoms with E-state index >= 15 is 0 Å². The number of hydrogen-bond donors (Lipinski definition) is 1. The fraction of sp³-hybridized carbons (Fsp3) is 0.385. The summed E-state index contributed by atoms with van der Waals surface area (Å²) < 4.78 is 50.2.